The summed E-state index contributed by atoms with van der Waals surface area (Å²) in [5.74, 6) is 1.35. The number of nitrogens with one attached hydrogen (secondary N) is 1. The second-order valence-electron chi connectivity index (χ2n) is 8.21. The fourth-order valence-electron chi connectivity index (χ4n) is 4.07. The average Bonchev–Trinajstić information content (AvgIpc) is 3.53. The van der Waals surface area contributed by atoms with Gasteiger partial charge in [0.1, 0.15) is 18.1 Å². The van der Waals surface area contributed by atoms with Gasteiger partial charge >= 0.3 is 0 Å². The second kappa shape index (κ2) is 8.75. The maximum Gasteiger partial charge on any atom is 0.291 e. The van der Waals surface area contributed by atoms with E-state index in [1.54, 1.807) is 29.2 Å². The first-order valence-electron chi connectivity index (χ1n) is 10.8. The van der Waals surface area contributed by atoms with E-state index in [0.29, 0.717) is 18.0 Å². The molecule has 0 spiro atoms. The molecule has 2 aromatic heterocycles. The average molecular weight is 428 g/mol. The van der Waals surface area contributed by atoms with Crippen LogP contribution in [0.5, 0.6) is 5.75 Å². The van der Waals surface area contributed by atoms with E-state index in [9.17, 15) is 4.79 Å². The van der Waals surface area contributed by atoms with E-state index in [1.165, 1.54) is 23.1 Å². The van der Waals surface area contributed by atoms with E-state index >= 15 is 0 Å². The molecule has 6 heteroatoms. The molecule has 0 saturated carbocycles. The van der Waals surface area contributed by atoms with Crippen molar-refractivity contribution in [2.75, 3.05) is 5.32 Å². The van der Waals surface area contributed by atoms with Gasteiger partial charge in [-0.15, -0.1) is 0 Å². The van der Waals surface area contributed by atoms with Crippen LogP contribution < -0.4 is 10.1 Å². The number of hydrogen-bond acceptors (Lipinski definition) is 4. The summed E-state index contributed by atoms with van der Waals surface area (Å²) >= 11 is 0. The summed E-state index contributed by atoms with van der Waals surface area (Å²) in [5, 5.41) is 7.17. The van der Waals surface area contributed by atoms with Crippen molar-refractivity contribution in [2.24, 2.45) is 0 Å². The monoisotopic (exact) mass is 427 g/mol. The van der Waals surface area contributed by atoms with Crippen molar-refractivity contribution in [2.45, 2.75) is 39.3 Å². The van der Waals surface area contributed by atoms with Crippen LogP contribution in [-0.4, -0.2) is 15.7 Å². The van der Waals surface area contributed by atoms with E-state index in [4.69, 9.17) is 9.15 Å². The number of aromatic nitrogens is 2. The van der Waals surface area contributed by atoms with Crippen molar-refractivity contribution >= 4 is 11.6 Å². The van der Waals surface area contributed by atoms with Gasteiger partial charge in [0.15, 0.2) is 5.76 Å². The quantitative estimate of drug-likeness (QED) is 0.443. The van der Waals surface area contributed by atoms with Crippen molar-refractivity contribution in [1.29, 1.82) is 0 Å². The molecule has 2 aromatic carbocycles. The van der Waals surface area contributed by atoms with Gasteiger partial charge in [-0.2, -0.15) is 5.10 Å². The van der Waals surface area contributed by atoms with Gasteiger partial charge in [-0.05, 0) is 67.1 Å². The Labute approximate surface area is 186 Å². The number of hydrogen-bond donors (Lipinski definition) is 1. The number of benzene rings is 2. The minimum Gasteiger partial charge on any atom is -0.486 e. The Morgan fingerprint density at radius 1 is 1.12 bits per heavy atom. The van der Waals surface area contributed by atoms with E-state index in [1.807, 2.05) is 12.1 Å². The van der Waals surface area contributed by atoms with Crippen LogP contribution in [0.2, 0.25) is 0 Å². The zero-order valence-electron chi connectivity index (χ0n) is 18.0. The van der Waals surface area contributed by atoms with E-state index in [0.717, 1.165) is 24.2 Å². The maximum absolute atomic E-state index is 12.6. The predicted octanol–water partition coefficient (Wildman–Crippen LogP) is 5.15. The molecule has 5 rings (SSSR count). The molecule has 0 fully saturated rings. The number of carbonyl (C=O) groups is 1. The number of nitrogens with zero attached hydrogens (tertiary/aromatic N) is 2. The number of fused-ring (bicyclic) bond motifs is 1. The molecule has 2 heterocycles. The van der Waals surface area contributed by atoms with Crippen LogP contribution in [0.4, 0.5) is 5.69 Å². The number of ether oxygens (including phenoxy) is 1. The van der Waals surface area contributed by atoms with Gasteiger partial charge in [-0.1, -0.05) is 35.9 Å². The zero-order chi connectivity index (χ0) is 21.9. The van der Waals surface area contributed by atoms with Crippen LogP contribution in [0.1, 0.15) is 45.0 Å². The van der Waals surface area contributed by atoms with Gasteiger partial charge in [0.05, 0.1) is 18.4 Å². The highest BCUT2D eigenvalue weighted by atomic mass is 16.5. The molecule has 6 nitrogen and oxygen atoms in total. The van der Waals surface area contributed by atoms with Crippen LogP contribution in [0.15, 0.2) is 71.4 Å². The Kier molecular flexibility index (Phi) is 5.50. The molecule has 0 aliphatic heterocycles. The topological polar surface area (TPSA) is 69.3 Å². The molecular weight excluding hydrogens is 402 g/mol. The standard InChI is InChI=1S/C26H25N3O3/c1-18-4-2-5-19(12-18)15-29-16-22(14-27-29)28-26(30)25-11-10-24(32-25)17-31-23-9-8-20-6-3-7-21(20)13-23/h2,4-5,8-14,16H,3,6-7,15,17H2,1H3,(H,28,30). The number of amides is 1. The van der Waals surface area contributed by atoms with Crippen molar-refractivity contribution in [3.8, 4) is 5.75 Å². The number of rotatable bonds is 7. The number of furan rings is 1. The van der Waals surface area contributed by atoms with Crippen LogP contribution in [-0.2, 0) is 26.0 Å². The second-order valence-corrected chi connectivity index (χ2v) is 8.21. The summed E-state index contributed by atoms with van der Waals surface area (Å²) in [4.78, 5) is 12.6. The van der Waals surface area contributed by atoms with Gasteiger partial charge in [0.25, 0.3) is 5.91 Å². The number of anilines is 1. The lowest BCUT2D eigenvalue weighted by Crippen LogP contribution is -2.10. The van der Waals surface area contributed by atoms with Crippen LogP contribution in [0.25, 0.3) is 0 Å². The molecule has 4 aromatic rings. The van der Waals surface area contributed by atoms with Crippen molar-refractivity contribution in [3.63, 3.8) is 0 Å². The molecule has 1 aliphatic rings. The molecule has 0 bridgehead atoms. The number of aryl methyl sites for hydroxylation is 3. The highest BCUT2D eigenvalue weighted by molar-refractivity contribution is 6.02. The molecule has 32 heavy (non-hydrogen) atoms. The smallest absolute Gasteiger partial charge is 0.291 e. The molecule has 162 valence electrons. The molecule has 1 amide bonds. The van der Waals surface area contributed by atoms with Crippen LogP contribution in [0, 0.1) is 6.92 Å². The molecule has 0 unspecified atom stereocenters. The minimum absolute atomic E-state index is 0.240. The first-order valence-corrected chi connectivity index (χ1v) is 10.8. The van der Waals surface area contributed by atoms with E-state index in [-0.39, 0.29) is 18.3 Å². The lowest BCUT2D eigenvalue weighted by atomic mass is 10.1. The van der Waals surface area contributed by atoms with Gasteiger partial charge in [-0.3, -0.25) is 9.48 Å². The molecule has 0 atom stereocenters. The Bertz CT molecular complexity index is 1250. The highest BCUT2D eigenvalue weighted by Gasteiger charge is 2.14. The SMILES string of the molecule is Cc1cccc(Cn2cc(NC(=O)c3ccc(COc4ccc5c(c4)CCC5)o3)cn2)c1. The zero-order valence-corrected chi connectivity index (χ0v) is 18.0. The summed E-state index contributed by atoms with van der Waals surface area (Å²) in [6.45, 7) is 2.98. The summed E-state index contributed by atoms with van der Waals surface area (Å²) in [7, 11) is 0. The van der Waals surface area contributed by atoms with Crippen LogP contribution in [0.3, 0.4) is 0 Å². The molecular formula is C26H25N3O3. The normalized spacial score (nSPS) is 12.5. The molecule has 1 aliphatic carbocycles. The number of carbonyl (C=O) groups excluding carboxylic acids is 1. The van der Waals surface area contributed by atoms with Crippen molar-refractivity contribution in [3.05, 3.63) is 101 Å². The first-order chi connectivity index (χ1) is 15.6. The lowest BCUT2D eigenvalue weighted by molar-refractivity contribution is 0.0992. The van der Waals surface area contributed by atoms with Crippen molar-refractivity contribution < 1.29 is 13.9 Å². The fraction of sp³-hybridized carbons (Fsp3) is 0.231. The summed E-state index contributed by atoms with van der Waals surface area (Å²) < 4.78 is 13.3. The van der Waals surface area contributed by atoms with Gasteiger partial charge in [0, 0.05) is 6.20 Å². The Morgan fingerprint density at radius 2 is 2.03 bits per heavy atom. The third-order valence-electron chi connectivity index (χ3n) is 5.65. The van der Waals surface area contributed by atoms with Crippen molar-refractivity contribution in [1.82, 2.24) is 9.78 Å². The predicted molar refractivity (Wildman–Crippen MR) is 122 cm³/mol. The largest absolute Gasteiger partial charge is 0.486 e. The Hall–Kier alpha value is -3.80. The molecule has 0 saturated heterocycles. The maximum atomic E-state index is 12.6. The Morgan fingerprint density at radius 3 is 2.94 bits per heavy atom. The molecule has 0 radical (unpaired) electrons. The van der Waals surface area contributed by atoms with Gasteiger partial charge in [-0.25, -0.2) is 0 Å². The van der Waals surface area contributed by atoms with E-state index < -0.39 is 0 Å². The van der Waals surface area contributed by atoms with Crippen LogP contribution >= 0.6 is 0 Å². The Balaban J connectivity index is 1.17. The third kappa shape index (κ3) is 4.59. The third-order valence-corrected chi connectivity index (χ3v) is 5.65. The summed E-state index contributed by atoms with van der Waals surface area (Å²) in [5.41, 5.74) is 5.76. The minimum atomic E-state index is -0.316. The fourth-order valence-corrected chi connectivity index (χ4v) is 4.07. The first kappa shape index (κ1) is 20.1. The highest BCUT2D eigenvalue weighted by Crippen LogP contribution is 2.26. The molecule has 1 N–H and O–H groups in total. The summed E-state index contributed by atoms with van der Waals surface area (Å²) in [6, 6.07) is 17.9. The van der Waals surface area contributed by atoms with Gasteiger partial charge in [0.2, 0.25) is 0 Å². The summed E-state index contributed by atoms with van der Waals surface area (Å²) in [6.07, 6.45) is 6.91. The lowest BCUT2D eigenvalue weighted by Gasteiger charge is -2.06. The van der Waals surface area contributed by atoms with E-state index in [2.05, 4.69) is 47.7 Å². The van der Waals surface area contributed by atoms with Gasteiger partial charge < -0.3 is 14.5 Å².